The standard InChI is InChI=1S/C18H23ClF2N4OS/c1-24(2)12-5-7-25(8-6-12)10-15-23-16(17(22)27-15)13-9-11(19)3-4-14(13)26-18(20)21/h3-4,9,12,18H,5-8,10,22H2,1-2H3. The first-order valence-corrected chi connectivity index (χ1v) is 9.91. The van der Waals surface area contributed by atoms with Crippen LogP contribution in [0.2, 0.25) is 5.02 Å². The summed E-state index contributed by atoms with van der Waals surface area (Å²) in [6.07, 6.45) is 2.22. The van der Waals surface area contributed by atoms with E-state index < -0.39 is 6.61 Å². The van der Waals surface area contributed by atoms with E-state index in [9.17, 15) is 8.78 Å². The third-order valence-corrected chi connectivity index (χ3v) is 5.86. The number of ether oxygens (including phenoxy) is 1. The van der Waals surface area contributed by atoms with Gasteiger partial charge in [0.1, 0.15) is 21.5 Å². The van der Waals surface area contributed by atoms with E-state index in [2.05, 4.69) is 33.6 Å². The van der Waals surface area contributed by atoms with Crippen LogP contribution in [0, 0.1) is 0 Å². The number of benzene rings is 1. The summed E-state index contributed by atoms with van der Waals surface area (Å²) in [6, 6.07) is 5.07. The molecule has 148 valence electrons. The zero-order valence-electron chi connectivity index (χ0n) is 15.3. The van der Waals surface area contributed by atoms with Gasteiger partial charge in [-0.15, -0.1) is 0 Å². The van der Waals surface area contributed by atoms with Crippen molar-refractivity contribution in [2.45, 2.75) is 32.0 Å². The highest BCUT2D eigenvalue weighted by atomic mass is 35.5. The number of nitrogen functional groups attached to an aromatic ring is 1. The van der Waals surface area contributed by atoms with Crippen LogP contribution in [0.25, 0.3) is 11.3 Å². The highest BCUT2D eigenvalue weighted by Crippen LogP contribution is 2.39. The number of thiazole rings is 1. The number of piperidine rings is 1. The van der Waals surface area contributed by atoms with Gasteiger partial charge in [-0.25, -0.2) is 4.98 Å². The van der Waals surface area contributed by atoms with Gasteiger partial charge in [-0.2, -0.15) is 8.78 Å². The number of anilines is 1. The van der Waals surface area contributed by atoms with Crippen LogP contribution in [-0.2, 0) is 6.54 Å². The van der Waals surface area contributed by atoms with Crippen molar-refractivity contribution in [3.8, 4) is 17.0 Å². The average molecular weight is 417 g/mol. The molecule has 27 heavy (non-hydrogen) atoms. The second kappa shape index (κ2) is 8.68. The van der Waals surface area contributed by atoms with E-state index in [1.807, 2.05) is 0 Å². The van der Waals surface area contributed by atoms with Crippen molar-refractivity contribution in [3.63, 3.8) is 0 Å². The minimum Gasteiger partial charge on any atom is -0.434 e. The Labute approximate surface area is 166 Å². The summed E-state index contributed by atoms with van der Waals surface area (Å²) in [4.78, 5) is 9.20. The first-order chi connectivity index (χ1) is 12.8. The topological polar surface area (TPSA) is 54.6 Å². The van der Waals surface area contributed by atoms with Gasteiger partial charge < -0.3 is 15.4 Å². The van der Waals surface area contributed by atoms with Crippen LogP contribution in [0.1, 0.15) is 17.8 Å². The zero-order chi connectivity index (χ0) is 19.6. The third kappa shape index (κ3) is 5.07. The lowest BCUT2D eigenvalue weighted by Gasteiger charge is -2.34. The molecule has 1 aromatic carbocycles. The van der Waals surface area contributed by atoms with Crippen molar-refractivity contribution in [3.05, 3.63) is 28.2 Å². The lowest BCUT2D eigenvalue weighted by Crippen LogP contribution is -2.41. The summed E-state index contributed by atoms with van der Waals surface area (Å²) in [7, 11) is 4.22. The molecule has 9 heteroatoms. The van der Waals surface area contributed by atoms with Gasteiger partial charge in [0.05, 0.1) is 6.54 Å². The molecule has 1 aliphatic rings. The molecule has 2 heterocycles. The fraction of sp³-hybridized carbons (Fsp3) is 0.500. The fourth-order valence-electron chi connectivity index (χ4n) is 3.31. The molecule has 1 fully saturated rings. The largest absolute Gasteiger partial charge is 0.434 e. The van der Waals surface area contributed by atoms with Crippen LogP contribution < -0.4 is 10.5 Å². The molecule has 0 spiro atoms. The van der Waals surface area contributed by atoms with E-state index in [1.165, 1.54) is 23.5 Å². The minimum absolute atomic E-state index is 0.0183. The summed E-state index contributed by atoms with van der Waals surface area (Å²) in [5.74, 6) is 0.0183. The van der Waals surface area contributed by atoms with Gasteiger partial charge in [0.2, 0.25) is 0 Å². The molecule has 1 aliphatic heterocycles. The predicted molar refractivity (Wildman–Crippen MR) is 106 cm³/mol. The molecule has 1 aromatic heterocycles. The van der Waals surface area contributed by atoms with Crippen LogP contribution in [0.4, 0.5) is 13.8 Å². The number of rotatable bonds is 6. The number of hydrogen-bond donors (Lipinski definition) is 1. The quantitative estimate of drug-likeness (QED) is 0.765. The average Bonchev–Trinajstić information content (AvgIpc) is 2.96. The molecule has 0 radical (unpaired) electrons. The molecule has 0 amide bonds. The third-order valence-electron chi connectivity index (χ3n) is 4.76. The number of halogens is 3. The molecule has 0 unspecified atom stereocenters. The van der Waals surface area contributed by atoms with Crippen LogP contribution in [0.3, 0.4) is 0 Å². The van der Waals surface area contributed by atoms with Gasteiger partial charge in [-0.05, 0) is 45.1 Å². The Balaban J connectivity index is 1.77. The summed E-state index contributed by atoms with van der Waals surface area (Å²) in [5, 5.41) is 1.73. The number of hydrogen-bond acceptors (Lipinski definition) is 6. The number of nitrogens with two attached hydrogens (primary N) is 1. The van der Waals surface area contributed by atoms with Gasteiger partial charge in [-0.3, -0.25) is 4.90 Å². The maximum atomic E-state index is 12.7. The molecule has 0 saturated carbocycles. The number of alkyl halides is 2. The van der Waals surface area contributed by atoms with Gasteiger partial charge in [-0.1, -0.05) is 22.9 Å². The SMILES string of the molecule is CN(C)C1CCN(Cc2nc(-c3cc(Cl)ccc3OC(F)F)c(N)s2)CC1. The first-order valence-electron chi connectivity index (χ1n) is 8.72. The van der Waals surface area contributed by atoms with Crippen LogP contribution in [-0.4, -0.2) is 54.6 Å². The lowest BCUT2D eigenvalue weighted by atomic mass is 10.0. The van der Waals surface area contributed by atoms with E-state index in [-0.39, 0.29) is 5.75 Å². The lowest BCUT2D eigenvalue weighted by molar-refractivity contribution is -0.0494. The minimum atomic E-state index is -2.93. The normalized spacial score (nSPS) is 16.4. The second-order valence-electron chi connectivity index (χ2n) is 6.81. The maximum absolute atomic E-state index is 12.7. The smallest absolute Gasteiger partial charge is 0.387 e. The highest BCUT2D eigenvalue weighted by molar-refractivity contribution is 7.16. The van der Waals surface area contributed by atoms with Crippen LogP contribution >= 0.6 is 22.9 Å². The summed E-state index contributed by atoms with van der Waals surface area (Å²) in [5.41, 5.74) is 6.96. The second-order valence-corrected chi connectivity index (χ2v) is 8.36. The molecule has 2 aromatic rings. The predicted octanol–water partition coefficient (Wildman–Crippen LogP) is 4.17. The van der Waals surface area contributed by atoms with Crippen molar-refractivity contribution in [2.24, 2.45) is 0 Å². The van der Waals surface area contributed by atoms with Crippen molar-refractivity contribution < 1.29 is 13.5 Å². The van der Waals surface area contributed by atoms with Gasteiger partial charge >= 0.3 is 6.61 Å². The Morgan fingerprint density at radius 2 is 2.07 bits per heavy atom. The van der Waals surface area contributed by atoms with Crippen LogP contribution in [0.15, 0.2) is 18.2 Å². The van der Waals surface area contributed by atoms with Crippen molar-refractivity contribution in [2.75, 3.05) is 32.9 Å². The molecule has 0 bridgehead atoms. The molecule has 5 nitrogen and oxygen atoms in total. The fourth-order valence-corrected chi connectivity index (χ4v) is 4.37. The zero-order valence-corrected chi connectivity index (χ0v) is 16.9. The Hall–Kier alpha value is -1.48. The highest BCUT2D eigenvalue weighted by Gasteiger charge is 2.23. The number of nitrogens with zero attached hydrogens (tertiary/aromatic N) is 3. The number of likely N-dealkylation sites (tertiary alicyclic amines) is 1. The summed E-state index contributed by atoms with van der Waals surface area (Å²) in [6.45, 7) is -0.244. The molecular weight excluding hydrogens is 394 g/mol. The van der Waals surface area contributed by atoms with E-state index >= 15 is 0 Å². The Kier molecular flexibility index (Phi) is 6.52. The van der Waals surface area contributed by atoms with Gasteiger partial charge in [0.25, 0.3) is 0 Å². The molecule has 0 atom stereocenters. The first kappa shape index (κ1) is 20.3. The van der Waals surface area contributed by atoms with Gasteiger partial charge in [0.15, 0.2) is 0 Å². The van der Waals surface area contributed by atoms with E-state index in [0.29, 0.717) is 33.9 Å². The summed E-state index contributed by atoms with van der Waals surface area (Å²) < 4.78 is 30.0. The molecular formula is C18H23ClF2N4OS. The maximum Gasteiger partial charge on any atom is 0.387 e. The molecule has 3 rings (SSSR count). The molecule has 0 aliphatic carbocycles. The summed E-state index contributed by atoms with van der Waals surface area (Å²) >= 11 is 7.41. The Morgan fingerprint density at radius 1 is 1.37 bits per heavy atom. The monoisotopic (exact) mass is 416 g/mol. The molecule has 2 N–H and O–H groups in total. The number of aromatic nitrogens is 1. The van der Waals surface area contributed by atoms with Gasteiger partial charge in [0, 0.05) is 29.7 Å². The van der Waals surface area contributed by atoms with E-state index in [4.69, 9.17) is 17.3 Å². The Morgan fingerprint density at radius 3 is 2.70 bits per heavy atom. The van der Waals surface area contributed by atoms with Crippen LogP contribution in [0.5, 0.6) is 5.75 Å². The van der Waals surface area contributed by atoms with E-state index in [1.54, 1.807) is 6.07 Å². The van der Waals surface area contributed by atoms with Crippen molar-refractivity contribution in [1.29, 1.82) is 0 Å². The molecule has 1 saturated heterocycles. The Bertz CT molecular complexity index is 779. The van der Waals surface area contributed by atoms with Crippen molar-refractivity contribution >= 4 is 27.9 Å². The van der Waals surface area contributed by atoms with Crippen molar-refractivity contribution in [1.82, 2.24) is 14.8 Å². The van der Waals surface area contributed by atoms with E-state index in [0.717, 1.165) is 30.9 Å².